The number of fused-ring (bicyclic) bond motifs is 2. The highest BCUT2D eigenvalue weighted by Gasteiger charge is 2.37. The number of aromatic nitrogens is 1. The van der Waals surface area contributed by atoms with Crippen LogP contribution in [0.25, 0.3) is 22.0 Å². The Hall–Kier alpha value is -5.91. The first-order valence-corrected chi connectivity index (χ1v) is 24.4. The third-order valence-electron chi connectivity index (χ3n) is 9.32. The Balaban J connectivity index is 1.66. The van der Waals surface area contributed by atoms with Gasteiger partial charge in [0.1, 0.15) is 26.9 Å². The van der Waals surface area contributed by atoms with Crippen LogP contribution in [0.5, 0.6) is 0 Å². The first kappa shape index (κ1) is 45.6. The molecule has 0 unspecified atom stereocenters. The zero-order chi connectivity index (χ0) is 46.1. The highest BCUT2D eigenvalue weighted by atomic mass is 32.2. The molecule has 4 aromatic carbocycles. The highest BCUT2D eigenvalue weighted by Crippen LogP contribution is 2.46. The van der Waals surface area contributed by atoms with Crippen molar-refractivity contribution in [2.75, 3.05) is 11.1 Å². The summed E-state index contributed by atoms with van der Waals surface area (Å²) >= 11 is 0. The molecule has 0 atom stereocenters. The van der Waals surface area contributed by atoms with Crippen molar-refractivity contribution in [1.29, 1.82) is 0 Å². The number of sulfone groups is 1. The second-order valence-electron chi connectivity index (χ2n) is 13.4. The summed E-state index contributed by atoms with van der Waals surface area (Å²) in [5.41, 5.74) is -6.57. The maximum Gasteiger partial charge on any atom is 0.344 e. The number of esters is 1. The minimum Gasteiger partial charge on any atom is -0.481 e. The number of hydrogen-bond acceptors (Lipinski definition) is 16. The zero-order valence-corrected chi connectivity index (χ0v) is 35.1. The minimum absolute atomic E-state index is 0.00299. The number of aryl methyl sites for hydroxylation is 1. The number of carboxylic acid groups (broad SMARTS) is 1. The lowest BCUT2D eigenvalue weighted by atomic mass is 9.81. The van der Waals surface area contributed by atoms with Gasteiger partial charge in [0.25, 0.3) is 46.0 Å². The summed E-state index contributed by atoms with van der Waals surface area (Å²) in [5, 5.41) is 10.6. The van der Waals surface area contributed by atoms with Crippen LogP contribution in [-0.4, -0.2) is 93.9 Å². The van der Waals surface area contributed by atoms with Crippen LogP contribution in [0.2, 0.25) is 0 Å². The van der Waals surface area contributed by atoms with E-state index in [1.807, 2.05) is 0 Å². The van der Waals surface area contributed by atoms with Gasteiger partial charge < -0.3 is 20.1 Å². The second kappa shape index (κ2) is 15.8. The number of carbonyl (C=O) groups excluding carboxylic acids is 2. The molecule has 0 saturated heterocycles. The van der Waals surface area contributed by atoms with E-state index in [9.17, 15) is 79.5 Å². The van der Waals surface area contributed by atoms with Crippen molar-refractivity contribution < 1.29 is 84.5 Å². The summed E-state index contributed by atoms with van der Waals surface area (Å²) in [4.78, 5) is 49.1. The number of benzene rings is 4. The van der Waals surface area contributed by atoms with Gasteiger partial charge in [-0.2, -0.15) is 33.7 Å². The summed E-state index contributed by atoms with van der Waals surface area (Å²) in [7, 11) is -26.6. The maximum atomic E-state index is 14.4. The number of rotatable bonds is 14. The maximum absolute atomic E-state index is 14.4. The van der Waals surface area contributed by atoms with Gasteiger partial charge in [0.2, 0.25) is 0 Å². The van der Waals surface area contributed by atoms with Gasteiger partial charge in [0.15, 0.2) is 15.6 Å². The summed E-state index contributed by atoms with van der Waals surface area (Å²) < 4.78 is 172. The number of ether oxygens (including phenoxy) is 1. The number of aliphatic carboxylic acids is 1. The van der Waals surface area contributed by atoms with Crippen LogP contribution >= 0.6 is 0 Å². The number of ketones is 1. The van der Waals surface area contributed by atoms with E-state index < -0.39 is 162 Å². The average molecular weight is 957 g/mol. The van der Waals surface area contributed by atoms with Gasteiger partial charge in [0.05, 0.1) is 38.0 Å². The fraction of sp³-hybridized carbons (Fsp3) is 0.143. The molecule has 0 amide bonds. The van der Waals surface area contributed by atoms with Crippen molar-refractivity contribution in [3.05, 3.63) is 98.8 Å². The van der Waals surface area contributed by atoms with Crippen LogP contribution in [0, 0.1) is 6.92 Å². The number of hydrogen-bond donors (Lipinski definition) is 7. The van der Waals surface area contributed by atoms with Gasteiger partial charge >= 0.3 is 11.9 Å². The average Bonchev–Trinajstić information content (AvgIpc) is 3.14. The van der Waals surface area contributed by atoms with E-state index in [1.54, 1.807) is 0 Å². The number of nitrogens with one attached hydrogen (secondary N) is 2. The highest BCUT2D eigenvalue weighted by molar-refractivity contribution is 7.93. The largest absolute Gasteiger partial charge is 0.481 e. The van der Waals surface area contributed by atoms with Gasteiger partial charge in [-0.05, 0) is 54.3 Å². The molecule has 0 spiro atoms. The third-order valence-corrected chi connectivity index (χ3v) is 14.9. The summed E-state index contributed by atoms with van der Waals surface area (Å²) in [6, 6.07) is 9.44. The van der Waals surface area contributed by atoms with Crippen molar-refractivity contribution >= 4 is 90.3 Å². The number of carboxylic acids is 1. The van der Waals surface area contributed by atoms with E-state index in [0.29, 0.717) is 6.07 Å². The van der Waals surface area contributed by atoms with Crippen LogP contribution < -0.4 is 10.9 Å². The summed E-state index contributed by atoms with van der Waals surface area (Å²) in [6.45, 7) is 0.631. The standard InChI is InChI=1S/C35H28N2O20S5/c1-16-8-9-17(11-22(16)59(45,46)47)15-57-35(42)31-28-18-5-2-3-6-19(18)33(40)29-21(13-26(62(54,55)56)32(30(28)29)37-34(31)41)36-20-12-24(58(43,44)10-4-7-27(38)39)25(61(51,52)53)14-23(20)60(48,49)50/h2-3,5-6,8-9,11-14,36H,4,7,10,15H2,1H3,(H,37,41)(H,38,39)(H,45,46,47)(H,48,49,50)(H,51,52,53)(H,54,55,56). The van der Waals surface area contributed by atoms with Gasteiger partial charge in [-0.3, -0.25) is 32.6 Å². The molecule has 1 heterocycles. The first-order valence-electron chi connectivity index (χ1n) is 17.0. The lowest BCUT2D eigenvalue weighted by Gasteiger charge is -2.25. The molecule has 6 rings (SSSR count). The van der Waals surface area contributed by atoms with E-state index in [4.69, 9.17) is 9.84 Å². The molecule has 27 heteroatoms. The zero-order valence-electron chi connectivity index (χ0n) is 31.0. The molecule has 1 aliphatic rings. The van der Waals surface area contributed by atoms with Crippen LogP contribution in [0.15, 0.2) is 89.9 Å². The Bertz CT molecular complexity index is 3470. The molecule has 1 aliphatic carbocycles. The first-order chi connectivity index (χ1) is 28.5. The Labute approximate surface area is 350 Å². The SMILES string of the molecule is Cc1ccc(COC(=O)c2c3c4c(c(Nc5cc(S(=O)(=O)CCCC(=O)O)c(S(=O)(=O)O)cc5S(=O)(=O)O)cc(S(=O)(=O)O)c4[nH]c2=O)C(=O)c2ccccc2-3)cc1S(=O)(=O)O. The van der Waals surface area contributed by atoms with Crippen LogP contribution in [0.3, 0.4) is 0 Å². The molecule has 22 nitrogen and oxygen atoms in total. The van der Waals surface area contributed by atoms with Crippen molar-refractivity contribution in [2.45, 2.75) is 50.8 Å². The lowest BCUT2D eigenvalue weighted by molar-refractivity contribution is -0.137. The Morgan fingerprint density at radius 2 is 1.26 bits per heavy atom. The number of aromatic amines is 1. The van der Waals surface area contributed by atoms with E-state index in [-0.39, 0.29) is 34.4 Å². The Morgan fingerprint density at radius 1 is 0.677 bits per heavy atom. The Kier molecular flexibility index (Phi) is 11.6. The predicted octanol–water partition coefficient (Wildman–Crippen LogP) is 2.77. The molecule has 0 aliphatic heterocycles. The molecular formula is C35H28N2O20S5. The summed E-state index contributed by atoms with van der Waals surface area (Å²) in [5.74, 6) is -5.05. The third kappa shape index (κ3) is 8.74. The fourth-order valence-corrected chi connectivity index (χ4v) is 11.5. The van der Waals surface area contributed by atoms with Crippen LogP contribution in [-0.2, 0) is 66.4 Å². The molecule has 0 bridgehead atoms. The summed E-state index contributed by atoms with van der Waals surface area (Å²) in [6.07, 6.45) is -1.38. The number of anilines is 2. The van der Waals surface area contributed by atoms with E-state index >= 15 is 0 Å². The smallest absolute Gasteiger partial charge is 0.344 e. The molecule has 328 valence electrons. The molecule has 5 aromatic rings. The van der Waals surface area contributed by atoms with Gasteiger partial charge in [-0.25, -0.2) is 13.2 Å². The number of pyridine rings is 1. The van der Waals surface area contributed by atoms with Crippen molar-refractivity contribution in [3.63, 3.8) is 0 Å². The lowest BCUT2D eigenvalue weighted by Crippen LogP contribution is -2.26. The van der Waals surface area contributed by atoms with E-state index in [2.05, 4.69) is 10.3 Å². The fourth-order valence-electron chi connectivity index (χ4n) is 6.68. The predicted molar refractivity (Wildman–Crippen MR) is 212 cm³/mol. The van der Waals surface area contributed by atoms with E-state index in [1.165, 1.54) is 43.3 Å². The molecular weight excluding hydrogens is 929 g/mol. The molecule has 1 aromatic heterocycles. The van der Waals surface area contributed by atoms with Crippen molar-refractivity contribution in [3.8, 4) is 11.1 Å². The molecule has 0 fully saturated rings. The molecule has 0 saturated carbocycles. The molecule has 7 N–H and O–H groups in total. The second-order valence-corrected chi connectivity index (χ2v) is 21.1. The van der Waals surface area contributed by atoms with Gasteiger partial charge in [0, 0.05) is 22.9 Å². The topological polar surface area (TPSA) is 377 Å². The number of H-pyrrole nitrogens is 1. The van der Waals surface area contributed by atoms with Crippen molar-refractivity contribution in [1.82, 2.24) is 4.98 Å². The van der Waals surface area contributed by atoms with Gasteiger partial charge in [-0.15, -0.1) is 0 Å². The Morgan fingerprint density at radius 3 is 1.84 bits per heavy atom. The van der Waals surface area contributed by atoms with E-state index in [0.717, 1.165) is 6.07 Å². The van der Waals surface area contributed by atoms with Crippen LogP contribution in [0.1, 0.15) is 50.2 Å². The van der Waals surface area contributed by atoms with Crippen molar-refractivity contribution in [2.24, 2.45) is 0 Å². The van der Waals surface area contributed by atoms with Crippen LogP contribution in [0.4, 0.5) is 11.4 Å². The normalized spacial score (nSPS) is 13.1. The molecule has 62 heavy (non-hydrogen) atoms. The number of carbonyl (C=O) groups is 3. The molecule has 0 radical (unpaired) electrons. The minimum atomic E-state index is -5.67. The quantitative estimate of drug-likeness (QED) is 0.0609. The van der Waals surface area contributed by atoms with Gasteiger partial charge in [-0.1, -0.05) is 36.4 Å². The monoisotopic (exact) mass is 956 g/mol.